The van der Waals surface area contributed by atoms with Gasteiger partial charge in [0.1, 0.15) is 5.69 Å². The minimum Gasteiger partial charge on any atom is -0.265 e. The van der Waals surface area contributed by atoms with Crippen LogP contribution in [-0.4, -0.2) is 21.6 Å². The van der Waals surface area contributed by atoms with E-state index in [1.807, 2.05) is 54.6 Å². The molecule has 3 aromatic rings. The van der Waals surface area contributed by atoms with Gasteiger partial charge >= 0.3 is 0 Å². The van der Waals surface area contributed by atoms with E-state index in [0.717, 1.165) is 36.1 Å². The highest BCUT2D eigenvalue weighted by atomic mass is 35.5. The SMILES string of the molecule is O=C(c1ccccn1)N1N=C2/C(=C/c3ccc(Cl)cc3)CCC[C@H]2[C@H]1c1ccc(Cl)cc1. The third-order valence-corrected chi connectivity index (χ3v) is 6.52. The van der Waals surface area contributed by atoms with Gasteiger partial charge in [0.05, 0.1) is 11.8 Å². The van der Waals surface area contributed by atoms with Gasteiger partial charge in [0.25, 0.3) is 5.91 Å². The molecule has 1 aliphatic heterocycles. The van der Waals surface area contributed by atoms with Crippen LogP contribution < -0.4 is 0 Å². The lowest BCUT2D eigenvalue weighted by molar-refractivity contribution is 0.0675. The second-order valence-corrected chi connectivity index (χ2v) is 8.94. The Morgan fingerprint density at radius 1 is 0.969 bits per heavy atom. The Labute approximate surface area is 197 Å². The first kappa shape index (κ1) is 20.9. The molecular formula is C26H21Cl2N3O. The third-order valence-electron chi connectivity index (χ3n) is 6.02. The highest BCUT2D eigenvalue weighted by molar-refractivity contribution is 6.30. The lowest BCUT2D eigenvalue weighted by Crippen LogP contribution is -2.32. The Hall–Kier alpha value is -2.95. The molecule has 1 saturated carbocycles. The van der Waals surface area contributed by atoms with Crippen molar-refractivity contribution in [2.75, 3.05) is 0 Å². The van der Waals surface area contributed by atoms with Gasteiger partial charge < -0.3 is 0 Å². The number of halogens is 2. The molecule has 2 atom stereocenters. The second-order valence-electron chi connectivity index (χ2n) is 8.07. The largest absolute Gasteiger partial charge is 0.293 e. The summed E-state index contributed by atoms with van der Waals surface area (Å²) in [5.74, 6) is -0.0746. The molecule has 160 valence electrons. The number of fused-ring (bicyclic) bond motifs is 1. The van der Waals surface area contributed by atoms with Crippen molar-refractivity contribution in [3.8, 4) is 0 Å². The summed E-state index contributed by atoms with van der Waals surface area (Å²) >= 11 is 12.2. The van der Waals surface area contributed by atoms with Crippen LogP contribution >= 0.6 is 23.2 Å². The molecule has 5 rings (SSSR count). The molecule has 2 heterocycles. The van der Waals surface area contributed by atoms with Crippen LogP contribution in [0.15, 0.2) is 83.6 Å². The van der Waals surface area contributed by atoms with E-state index < -0.39 is 0 Å². The van der Waals surface area contributed by atoms with E-state index >= 15 is 0 Å². The van der Waals surface area contributed by atoms with Crippen molar-refractivity contribution in [2.45, 2.75) is 25.3 Å². The Bertz CT molecular complexity index is 1190. The number of hydrogen-bond acceptors (Lipinski definition) is 3. The number of nitrogens with zero attached hydrogens (tertiary/aromatic N) is 3. The smallest absolute Gasteiger partial charge is 0.265 e. The molecule has 0 spiro atoms. The number of pyridine rings is 1. The van der Waals surface area contributed by atoms with Crippen molar-refractivity contribution in [3.05, 3.63) is 105 Å². The summed E-state index contributed by atoms with van der Waals surface area (Å²) < 4.78 is 0. The first-order valence-corrected chi connectivity index (χ1v) is 11.4. The number of carbonyl (C=O) groups is 1. The first-order chi connectivity index (χ1) is 15.6. The molecule has 2 aromatic carbocycles. The number of amides is 1. The number of carbonyl (C=O) groups excluding carboxylic acids is 1. The fraction of sp³-hybridized carbons (Fsp3) is 0.192. The molecule has 1 aliphatic carbocycles. The first-order valence-electron chi connectivity index (χ1n) is 10.7. The maximum atomic E-state index is 13.4. The van der Waals surface area contributed by atoms with Gasteiger partial charge in [0.2, 0.25) is 0 Å². The molecule has 1 fully saturated rings. The number of benzene rings is 2. The summed E-state index contributed by atoms with van der Waals surface area (Å²) in [5.41, 5.74) is 4.63. The van der Waals surface area contributed by atoms with E-state index in [-0.39, 0.29) is 17.9 Å². The Morgan fingerprint density at radius 3 is 2.38 bits per heavy atom. The number of hydrazone groups is 1. The number of allylic oxidation sites excluding steroid dienone is 1. The van der Waals surface area contributed by atoms with Gasteiger partial charge in [-0.05, 0) is 78.4 Å². The standard InChI is InChI=1S/C26H21Cl2N3O/c27-20-11-7-17(8-12-20)16-19-4-3-5-22-24(19)30-31(26(32)23-6-1-2-15-29-23)25(22)18-9-13-21(28)14-10-18/h1-2,6-16,22,25H,3-5H2/b19-16+/t22-,25-/m1/s1. The molecule has 1 aromatic heterocycles. The van der Waals surface area contributed by atoms with Crippen LogP contribution in [-0.2, 0) is 0 Å². The summed E-state index contributed by atoms with van der Waals surface area (Å²) in [4.78, 5) is 17.7. The summed E-state index contributed by atoms with van der Waals surface area (Å²) in [7, 11) is 0. The number of aromatic nitrogens is 1. The molecule has 4 nitrogen and oxygen atoms in total. The zero-order chi connectivity index (χ0) is 22.1. The molecule has 0 bridgehead atoms. The molecule has 2 aliphatic rings. The van der Waals surface area contributed by atoms with E-state index in [0.29, 0.717) is 15.7 Å². The maximum Gasteiger partial charge on any atom is 0.293 e. The Morgan fingerprint density at radius 2 is 1.69 bits per heavy atom. The second kappa shape index (κ2) is 8.89. The van der Waals surface area contributed by atoms with Gasteiger partial charge in [-0.15, -0.1) is 0 Å². The minimum atomic E-state index is -0.196. The lowest BCUT2D eigenvalue weighted by Gasteiger charge is -2.29. The number of rotatable bonds is 3. The Kier molecular flexibility index (Phi) is 5.81. The van der Waals surface area contributed by atoms with E-state index in [4.69, 9.17) is 28.3 Å². The van der Waals surface area contributed by atoms with Gasteiger partial charge in [0, 0.05) is 22.2 Å². The zero-order valence-corrected chi connectivity index (χ0v) is 18.8. The van der Waals surface area contributed by atoms with E-state index in [2.05, 4.69) is 11.1 Å². The van der Waals surface area contributed by atoms with Gasteiger partial charge in [-0.3, -0.25) is 9.78 Å². The van der Waals surface area contributed by atoms with E-state index in [1.54, 1.807) is 23.3 Å². The fourth-order valence-electron chi connectivity index (χ4n) is 4.53. The predicted octanol–water partition coefficient (Wildman–Crippen LogP) is 6.83. The van der Waals surface area contributed by atoms with Crippen LogP contribution in [0.4, 0.5) is 0 Å². The van der Waals surface area contributed by atoms with E-state index in [9.17, 15) is 4.79 Å². The van der Waals surface area contributed by atoms with Crippen molar-refractivity contribution in [3.63, 3.8) is 0 Å². The van der Waals surface area contributed by atoms with Crippen molar-refractivity contribution in [2.24, 2.45) is 11.0 Å². The van der Waals surface area contributed by atoms with Crippen LogP contribution in [0.3, 0.4) is 0 Å². The van der Waals surface area contributed by atoms with Crippen molar-refractivity contribution >= 4 is 40.9 Å². The average molecular weight is 462 g/mol. The van der Waals surface area contributed by atoms with Gasteiger partial charge in [-0.1, -0.05) is 53.5 Å². The molecular weight excluding hydrogens is 441 g/mol. The topological polar surface area (TPSA) is 45.6 Å². The van der Waals surface area contributed by atoms with Gasteiger partial charge in [-0.25, -0.2) is 5.01 Å². The van der Waals surface area contributed by atoms with Crippen LogP contribution in [0.25, 0.3) is 6.08 Å². The average Bonchev–Trinajstić information content (AvgIpc) is 3.22. The fourth-order valence-corrected chi connectivity index (χ4v) is 4.78. The van der Waals surface area contributed by atoms with Gasteiger partial charge in [-0.2, -0.15) is 5.10 Å². The highest BCUT2D eigenvalue weighted by Gasteiger charge is 2.44. The molecule has 1 amide bonds. The lowest BCUT2D eigenvalue weighted by atomic mass is 9.77. The summed E-state index contributed by atoms with van der Waals surface area (Å²) in [6.45, 7) is 0. The van der Waals surface area contributed by atoms with Crippen LogP contribution in [0.5, 0.6) is 0 Å². The molecule has 0 radical (unpaired) electrons. The third kappa shape index (κ3) is 4.08. The monoisotopic (exact) mass is 461 g/mol. The minimum absolute atomic E-state index is 0.121. The van der Waals surface area contributed by atoms with Crippen molar-refractivity contribution in [1.29, 1.82) is 0 Å². The summed E-state index contributed by atoms with van der Waals surface area (Å²) in [6, 6.07) is 20.6. The molecule has 32 heavy (non-hydrogen) atoms. The quantitative estimate of drug-likeness (QED) is 0.429. The summed E-state index contributed by atoms with van der Waals surface area (Å²) in [5, 5.41) is 7.89. The van der Waals surface area contributed by atoms with Crippen LogP contribution in [0.1, 0.15) is 46.9 Å². The van der Waals surface area contributed by atoms with Crippen molar-refractivity contribution in [1.82, 2.24) is 9.99 Å². The summed E-state index contributed by atoms with van der Waals surface area (Å²) in [6.07, 6.45) is 6.73. The number of hydrogen-bond donors (Lipinski definition) is 0. The molecule has 0 N–H and O–H groups in total. The Balaban J connectivity index is 1.57. The van der Waals surface area contributed by atoms with Gasteiger partial charge in [0.15, 0.2) is 0 Å². The molecule has 6 heteroatoms. The highest BCUT2D eigenvalue weighted by Crippen LogP contribution is 2.45. The zero-order valence-electron chi connectivity index (χ0n) is 17.3. The van der Waals surface area contributed by atoms with Crippen LogP contribution in [0.2, 0.25) is 10.0 Å². The normalized spacial score (nSPS) is 21.4. The molecule has 0 unspecified atom stereocenters. The molecule has 0 saturated heterocycles. The van der Waals surface area contributed by atoms with Crippen LogP contribution in [0, 0.1) is 5.92 Å². The van der Waals surface area contributed by atoms with Crippen molar-refractivity contribution < 1.29 is 4.79 Å². The maximum absolute atomic E-state index is 13.4. The predicted molar refractivity (Wildman–Crippen MR) is 129 cm³/mol. The van der Waals surface area contributed by atoms with E-state index in [1.165, 1.54) is 5.57 Å².